The van der Waals surface area contributed by atoms with Crippen molar-refractivity contribution in [2.45, 2.75) is 26.8 Å². The molecule has 1 heterocycles. The minimum atomic E-state index is -0.230. The number of benzene rings is 3. The van der Waals surface area contributed by atoms with Crippen LogP contribution in [0.3, 0.4) is 0 Å². The number of amides is 3. The van der Waals surface area contributed by atoms with Gasteiger partial charge in [-0.3, -0.25) is 14.4 Å². The smallest absolute Gasteiger partial charge is 0.253 e. The molecule has 1 aliphatic rings. The fourth-order valence-corrected chi connectivity index (χ4v) is 4.73. The molecule has 0 spiro atoms. The van der Waals surface area contributed by atoms with E-state index in [1.54, 1.807) is 36.3 Å². The summed E-state index contributed by atoms with van der Waals surface area (Å²) < 4.78 is 5.18. The molecule has 1 aliphatic heterocycles. The van der Waals surface area contributed by atoms with Gasteiger partial charge in [0, 0.05) is 56.1 Å². The van der Waals surface area contributed by atoms with E-state index in [4.69, 9.17) is 4.74 Å². The van der Waals surface area contributed by atoms with Crippen LogP contribution in [0.25, 0.3) is 0 Å². The van der Waals surface area contributed by atoms with Gasteiger partial charge in [-0.2, -0.15) is 0 Å². The van der Waals surface area contributed by atoms with E-state index in [0.717, 1.165) is 30.1 Å². The number of nitrogens with zero attached hydrogens (tertiary/aromatic N) is 3. The molecule has 0 bridgehead atoms. The van der Waals surface area contributed by atoms with E-state index in [9.17, 15) is 14.4 Å². The van der Waals surface area contributed by atoms with Crippen molar-refractivity contribution in [1.82, 2.24) is 9.80 Å². The number of piperazine rings is 1. The highest BCUT2D eigenvalue weighted by atomic mass is 16.5. The third-order valence-corrected chi connectivity index (χ3v) is 6.91. The zero-order chi connectivity index (χ0) is 28.5. The maximum absolute atomic E-state index is 12.9. The second-order valence-corrected chi connectivity index (χ2v) is 10.4. The van der Waals surface area contributed by atoms with Crippen molar-refractivity contribution in [3.05, 3.63) is 90.0 Å². The topological polar surface area (TPSA) is 82.2 Å². The van der Waals surface area contributed by atoms with Gasteiger partial charge >= 0.3 is 0 Å². The van der Waals surface area contributed by atoms with Gasteiger partial charge in [0.2, 0.25) is 11.8 Å². The van der Waals surface area contributed by atoms with Crippen molar-refractivity contribution in [2.24, 2.45) is 5.92 Å². The molecule has 0 aliphatic carbocycles. The highest BCUT2D eigenvalue weighted by Gasteiger charge is 2.23. The number of carbonyl (C=O) groups is 3. The highest BCUT2D eigenvalue weighted by Crippen LogP contribution is 2.21. The molecule has 1 fully saturated rings. The summed E-state index contributed by atoms with van der Waals surface area (Å²) in [5.74, 6) is 0.697. The molecule has 40 heavy (non-hydrogen) atoms. The lowest BCUT2D eigenvalue weighted by molar-refractivity contribution is -0.136. The number of rotatable bonds is 10. The summed E-state index contributed by atoms with van der Waals surface area (Å²) in [6.45, 7) is 7.09. The average Bonchev–Trinajstić information content (AvgIpc) is 2.97. The zero-order valence-corrected chi connectivity index (χ0v) is 23.5. The SMILES string of the molecule is COc1ccc(C(=O)N2CCN(c3ccc(NC(=O)CN(Cc4ccccc4)C(=O)CC(C)C)cc3)CC2)cc1. The maximum Gasteiger partial charge on any atom is 0.253 e. The van der Waals surface area contributed by atoms with Crippen LogP contribution >= 0.6 is 0 Å². The Morgan fingerprint density at radius 2 is 1.52 bits per heavy atom. The van der Waals surface area contributed by atoms with Crippen LogP contribution < -0.4 is 15.0 Å². The van der Waals surface area contributed by atoms with Crippen LogP contribution in [-0.4, -0.2) is 67.4 Å². The molecule has 0 atom stereocenters. The molecule has 210 valence electrons. The first-order valence-electron chi connectivity index (χ1n) is 13.7. The average molecular weight is 543 g/mol. The summed E-state index contributed by atoms with van der Waals surface area (Å²) in [6.07, 6.45) is 0.397. The molecule has 0 radical (unpaired) electrons. The Balaban J connectivity index is 1.30. The molecule has 3 aromatic carbocycles. The Hall–Kier alpha value is -4.33. The summed E-state index contributed by atoms with van der Waals surface area (Å²) in [7, 11) is 1.61. The molecule has 3 amide bonds. The highest BCUT2D eigenvalue weighted by molar-refractivity contribution is 5.95. The number of nitrogens with one attached hydrogen (secondary N) is 1. The Bertz CT molecular complexity index is 1270. The lowest BCUT2D eigenvalue weighted by Crippen LogP contribution is -2.48. The standard InChI is InChI=1S/C32H38N4O4/c1-24(2)21-31(38)36(22-25-7-5-4-6-8-25)23-30(37)33-27-11-13-28(14-12-27)34-17-19-35(20-18-34)32(39)26-9-15-29(40-3)16-10-26/h4-16,24H,17-23H2,1-3H3,(H,33,37). The molecule has 8 nitrogen and oxygen atoms in total. The van der Waals surface area contributed by atoms with Crippen molar-refractivity contribution in [2.75, 3.05) is 50.1 Å². The van der Waals surface area contributed by atoms with Crippen molar-refractivity contribution in [1.29, 1.82) is 0 Å². The van der Waals surface area contributed by atoms with Gasteiger partial charge < -0.3 is 24.8 Å². The third kappa shape index (κ3) is 7.85. The van der Waals surface area contributed by atoms with E-state index in [-0.39, 0.29) is 30.2 Å². The predicted molar refractivity (Wildman–Crippen MR) is 157 cm³/mol. The Morgan fingerprint density at radius 3 is 2.12 bits per heavy atom. The minimum Gasteiger partial charge on any atom is -0.497 e. The number of anilines is 2. The molecule has 1 saturated heterocycles. The largest absolute Gasteiger partial charge is 0.497 e. The van der Waals surface area contributed by atoms with Crippen molar-refractivity contribution < 1.29 is 19.1 Å². The summed E-state index contributed by atoms with van der Waals surface area (Å²) in [5, 5.41) is 2.93. The molecule has 3 aromatic rings. The van der Waals surface area contributed by atoms with E-state index in [1.165, 1.54) is 0 Å². The number of hydrogen-bond donors (Lipinski definition) is 1. The van der Waals surface area contributed by atoms with E-state index in [2.05, 4.69) is 10.2 Å². The predicted octanol–water partition coefficient (Wildman–Crippen LogP) is 4.67. The van der Waals surface area contributed by atoms with Gasteiger partial charge in [-0.25, -0.2) is 0 Å². The number of carbonyl (C=O) groups excluding carboxylic acids is 3. The van der Waals surface area contributed by atoms with Crippen LogP contribution in [0.5, 0.6) is 5.75 Å². The zero-order valence-electron chi connectivity index (χ0n) is 23.5. The molecular formula is C32H38N4O4. The molecule has 8 heteroatoms. The fourth-order valence-electron chi connectivity index (χ4n) is 4.73. The van der Waals surface area contributed by atoms with Gasteiger partial charge in [0.05, 0.1) is 7.11 Å². The van der Waals surface area contributed by atoms with E-state index in [1.807, 2.05) is 73.3 Å². The van der Waals surface area contributed by atoms with Gasteiger partial charge in [0.15, 0.2) is 0 Å². The first-order chi connectivity index (χ1) is 19.3. The fraction of sp³-hybridized carbons (Fsp3) is 0.344. The van der Waals surface area contributed by atoms with Crippen molar-refractivity contribution in [3.8, 4) is 5.75 Å². The first-order valence-corrected chi connectivity index (χ1v) is 13.7. The van der Waals surface area contributed by atoms with Crippen LogP contribution in [0.15, 0.2) is 78.9 Å². The van der Waals surface area contributed by atoms with Crippen molar-refractivity contribution in [3.63, 3.8) is 0 Å². The van der Waals surface area contributed by atoms with Crippen LogP contribution in [0.1, 0.15) is 36.2 Å². The summed E-state index contributed by atoms with van der Waals surface area (Å²) >= 11 is 0. The monoisotopic (exact) mass is 542 g/mol. The van der Waals surface area contributed by atoms with E-state index < -0.39 is 0 Å². The minimum absolute atomic E-state index is 0.00756. The number of ether oxygens (including phenoxy) is 1. The summed E-state index contributed by atoms with van der Waals surface area (Å²) in [4.78, 5) is 44.3. The Labute approximate surface area is 236 Å². The van der Waals surface area contributed by atoms with E-state index >= 15 is 0 Å². The molecule has 0 aromatic heterocycles. The quantitative estimate of drug-likeness (QED) is 0.403. The van der Waals surface area contributed by atoms with Crippen LogP contribution in [0.2, 0.25) is 0 Å². The molecule has 0 unspecified atom stereocenters. The molecule has 1 N–H and O–H groups in total. The molecule has 0 saturated carbocycles. The lowest BCUT2D eigenvalue weighted by Gasteiger charge is -2.36. The van der Waals surface area contributed by atoms with Crippen molar-refractivity contribution >= 4 is 29.1 Å². The van der Waals surface area contributed by atoms with Gasteiger partial charge in [-0.15, -0.1) is 0 Å². The molecular weight excluding hydrogens is 504 g/mol. The molecule has 4 rings (SSSR count). The first kappa shape index (κ1) is 28.7. The van der Waals surface area contributed by atoms with Crippen LogP contribution in [0, 0.1) is 5.92 Å². The normalized spacial score (nSPS) is 13.2. The summed E-state index contributed by atoms with van der Waals surface area (Å²) in [6, 6.07) is 24.6. The van der Waals surface area contributed by atoms with E-state index in [0.29, 0.717) is 37.3 Å². The number of hydrogen-bond acceptors (Lipinski definition) is 5. The Kier molecular flexibility index (Phi) is 9.78. The van der Waals surface area contributed by atoms with Gasteiger partial charge in [-0.1, -0.05) is 44.2 Å². The third-order valence-electron chi connectivity index (χ3n) is 6.91. The van der Waals surface area contributed by atoms with Gasteiger partial charge in [0.1, 0.15) is 12.3 Å². The van der Waals surface area contributed by atoms with Crippen LogP contribution in [-0.2, 0) is 16.1 Å². The second-order valence-electron chi connectivity index (χ2n) is 10.4. The summed E-state index contributed by atoms with van der Waals surface area (Å²) in [5.41, 5.74) is 3.36. The number of methoxy groups -OCH3 is 1. The Morgan fingerprint density at radius 1 is 0.875 bits per heavy atom. The van der Waals surface area contributed by atoms with Gasteiger partial charge in [0.25, 0.3) is 5.91 Å². The second kappa shape index (κ2) is 13.6. The van der Waals surface area contributed by atoms with Gasteiger partial charge in [-0.05, 0) is 60.0 Å². The lowest BCUT2D eigenvalue weighted by atomic mass is 10.1. The maximum atomic E-state index is 12.9. The van der Waals surface area contributed by atoms with Crippen LogP contribution in [0.4, 0.5) is 11.4 Å².